The van der Waals surface area contributed by atoms with Gasteiger partial charge in [-0.3, -0.25) is 0 Å². The molecular weight excluding hydrogens is 399 g/mol. The van der Waals surface area contributed by atoms with E-state index < -0.39 is 11.8 Å². The van der Waals surface area contributed by atoms with E-state index in [4.69, 9.17) is 25.5 Å². The number of carbonyl (C=O) groups is 1. The van der Waals surface area contributed by atoms with Crippen molar-refractivity contribution >= 4 is 17.6 Å². The van der Waals surface area contributed by atoms with Gasteiger partial charge in [0.05, 0.1) is 16.1 Å². The minimum Gasteiger partial charge on any atom is -0.455 e. The minimum absolute atomic E-state index is 0.0922. The second-order valence-corrected chi connectivity index (χ2v) is 6.21. The monoisotopic (exact) mass is 410 g/mol. The molecule has 0 radical (unpaired) electrons. The van der Waals surface area contributed by atoms with Crippen molar-refractivity contribution in [3.63, 3.8) is 0 Å². The summed E-state index contributed by atoms with van der Waals surface area (Å²) in [6.45, 7) is 0. The second-order valence-electron chi connectivity index (χ2n) is 5.80. The maximum atomic E-state index is 13.0. The Balaban J connectivity index is 1.56. The minimum atomic E-state index is -0.749. The third-order valence-electron chi connectivity index (χ3n) is 3.84. The predicted octanol–water partition coefficient (Wildman–Crippen LogP) is 5.54. The van der Waals surface area contributed by atoms with Crippen LogP contribution in [0.1, 0.15) is 10.4 Å². The number of rotatable bonds is 5. The molecule has 4 rings (SSSR count). The number of hydrogen-bond donors (Lipinski definition) is 0. The van der Waals surface area contributed by atoms with Gasteiger partial charge in [0.25, 0.3) is 5.89 Å². The second kappa shape index (κ2) is 8.12. The first-order chi connectivity index (χ1) is 14.1. The summed E-state index contributed by atoms with van der Waals surface area (Å²) < 4.78 is 29.3. The fourth-order valence-electron chi connectivity index (χ4n) is 2.46. The molecule has 0 saturated heterocycles. The zero-order valence-corrected chi connectivity index (χ0v) is 15.5. The third kappa shape index (κ3) is 4.25. The summed E-state index contributed by atoms with van der Waals surface area (Å²) in [4.78, 5) is 12.1. The lowest BCUT2D eigenvalue weighted by Gasteiger charge is -2.09. The number of nitrogens with zero attached hydrogens (tertiary/aromatic N) is 2. The van der Waals surface area contributed by atoms with Gasteiger partial charge in [-0.2, -0.15) is 0 Å². The Bertz CT molecular complexity index is 1160. The van der Waals surface area contributed by atoms with Crippen LogP contribution in [-0.4, -0.2) is 16.2 Å². The molecule has 1 heterocycles. The first-order valence-electron chi connectivity index (χ1n) is 8.43. The highest BCUT2D eigenvalue weighted by atomic mass is 35.5. The van der Waals surface area contributed by atoms with Crippen molar-refractivity contribution < 1.29 is 23.1 Å². The smallest absolute Gasteiger partial charge is 0.423 e. The molecule has 0 atom stereocenters. The molecular formula is C21H12ClFN2O4. The number of esters is 1. The molecule has 144 valence electrons. The number of benzene rings is 3. The van der Waals surface area contributed by atoms with E-state index >= 15 is 0 Å². The van der Waals surface area contributed by atoms with Gasteiger partial charge in [-0.05, 0) is 48.5 Å². The molecule has 0 amide bonds. The predicted molar refractivity (Wildman–Crippen MR) is 103 cm³/mol. The number of ether oxygens (including phenoxy) is 2. The van der Waals surface area contributed by atoms with Crippen LogP contribution in [0.2, 0.25) is 5.02 Å². The fourth-order valence-corrected chi connectivity index (χ4v) is 2.64. The number of aromatic nitrogens is 2. The summed E-state index contributed by atoms with van der Waals surface area (Å²) in [7, 11) is 0. The quantitative estimate of drug-likeness (QED) is 0.402. The molecule has 3 aromatic carbocycles. The van der Waals surface area contributed by atoms with Gasteiger partial charge in [-0.15, -0.1) is 5.10 Å². The van der Waals surface area contributed by atoms with Crippen molar-refractivity contribution in [3.8, 4) is 29.0 Å². The van der Waals surface area contributed by atoms with Crippen LogP contribution in [0.4, 0.5) is 4.39 Å². The van der Waals surface area contributed by atoms with Crippen LogP contribution < -0.4 is 9.47 Å². The molecule has 0 bridgehead atoms. The molecule has 0 fully saturated rings. The molecule has 4 aromatic rings. The zero-order valence-electron chi connectivity index (χ0n) is 14.7. The van der Waals surface area contributed by atoms with E-state index in [0.717, 1.165) is 12.1 Å². The van der Waals surface area contributed by atoms with Crippen molar-refractivity contribution in [1.82, 2.24) is 10.2 Å². The van der Waals surface area contributed by atoms with Gasteiger partial charge >= 0.3 is 12.0 Å². The molecule has 0 N–H and O–H groups in total. The van der Waals surface area contributed by atoms with Gasteiger partial charge in [0.2, 0.25) is 0 Å². The lowest BCUT2D eigenvalue weighted by atomic mass is 10.2. The lowest BCUT2D eigenvalue weighted by Crippen LogP contribution is -2.08. The molecule has 0 spiro atoms. The van der Waals surface area contributed by atoms with Gasteiger partial charge in [0.1, 0.15) is 17.3 Å². The van der Waals surface area contributed by atoms with Crippen molar-refractivity contribution in [2.24, 2.45) is 0 Å². The number of halogens is 2. The van der Waals surface area contributed by atoms with Gasteiger partial charge < -0.3 is 13.9 Å². The van der Waals surface area contributed by atoms with Crippen LogP contribution in [0, 0.1) is 5.82 Å². The van der Waals surface area contributed by atoms with Crippen molar-refractivity contribution in [3.05, 3.63) is 89.2 Å². The van der Waals surface area contributed by atoms with E-state index in [1.807, 2.05) is 0 Å². The molecule has 0 aliphatic rings. The summed E-state index contributed by atoms with van der Waals surface area (Å²) in [5.41, 5.74) is 0.637. The Hall–Kier alpha value is -3.71. The van der Waals surface area contributed by atoms with E-state index in [1.165, 1.54) is 12.1 Å². The van der Waals surface area contributed by atoms with Gasteiger partial charge in [0, 0.05) is 0 Å². The van der Waals surface area contributed by atoms with Crippen LogP contribution in [0.15, 0.2) is 77.2 Å². The molecule has 0 aliphatic carbocycles. The summed E-state index contributed by atoms with van der Waals surface area (Å²) in [6, 6.07) is 18.9. The van der Waals surface area contributed by atoms with Gasteiger partial charge in [-0.1, -0.05) is 41.0 Å². The maximum Gasteiger partial charge on any atom is 0.423 e. The summed E-state index contributed by atoms with van der Waals surface area (Å²) in [5, 5.41) is 8.08. The number of para-hydroxylation sites is 2. The lowest BCUT2D eigenvalue weighted by molar-refractivity contribution is 0.0684. The van der Waals surface area contributed by atoms with Crippen LogP contribution in [0.3, 0.4) is 0 Å². The van der Waals surface area contributed by atoms with Crippen LogP contribution in [-0.2, 0) is 0 Å². The Morgan fingerprint density at radius 2 is 1.59 bits per heavy atom. The molecule has 8 heteroatoms. The van der Waals surface area contributed by atoms with Gasteiger partial charge in [-0.25, -0.2) is 9.18 Å². The Morgan fingerprint density at radius 3 is 2.34 bits per heavy atom. The summed E-state index contributed by atoms with van der Waals surface area (Å²) in [5.74, 6) is -0.225. The highest BCUT2D eigenvalue weighted by Gasteiger charge is 2.18. The SMILES string of the molecule is O=C(Oc1nnc(-c2ccccc2Oc2ccccc2Cl)o1)c1ccc(F)cc1. The van der Waals surface area contributed by atoms with Crippen LogP contribution in [0.5, 0.6) is 17.6 Å². The fraction of sp³-hybridized carbons (Fsp3) is 0. The molecule has 6 nitrogen and oxygen atoms in total. The average molecular weight is 411 g/mol. The van der Waals surface area contributed by atoms with E-state index in [2.05, 4.69) is 10.2 Å². The normalized spacial score (nSPS) is 10.6. The molecule has 0 unspecified atom stereocenters. The number of carbonyl (C=O) groups excluding carboxylic acids is 1. The highest BCUT2D eigenvalue weighted by Crippen LogP contribution is 2.35. The summed E-state index contributed by atoms with van der Waals surface area (Å²) >= 11 is 6.14. The van der Waals surface area contributed by atoms with E-state index in [0.29, 0.717) is 22.1 Å². The maximum absolute atomic E-state index is 13.0. The van der Waals surface area contributed by atoms with Crippen LogP contribution >= 0.6 is 11.6 Å². The number of hydrogen-bond acceptors (Lipinski definition) is 6. The first kappa shape index (κ1) is 18.6. The van der Waals surface area contributed by atoms with E-state index in [-0.39, 0.29) is 17.5 Å². The summed E-state index contributed by atoms with van der Waals surface area (Å²) in [6.07, 6.45) is -0.345. The highest BCUT2D eigenvalue weighted by molar-refractivity contribution is 6.32. The molecule has 29 heavy (non-hydrogen) atoms. The van der Waals surface area contributed by atoms with Crippen molar-refractivity contribution in [2.45, 2.75) is 0 Å². The molecule has 0 saturated carbocycles. The van der Waals surface area contributed by atoms with Crippen molar-refractivity contribution in [2.75, 3.05) is 0 Å². The Morgan fingerprint density at radius 1 is 0.897 bits per heavy atom. The average Bonchev–Trinajstić information content (AvgIpc) is 3.19. The topological polar surface area (TPSA) is 74.5 Å². The third-order valence-corrected chi connectivity index (χ3v) is 4.15. The Kier molecular flexibility index (Phi) is 5.22. The molecule has 1 aromatic heterocycles. The van der Waals surface area contributed by atoms with E-state index in [1.54, 1.807) is 48.5 Å². The Labute approximate surface area is 169 Å². The zero-order chi connectivity index (χ0) is 20.2. The van der Waals surface area contributed by atoms with Crippen LogP contribution in [0.25, 0.3) is 11.5 Å². The van der Waals surface area contributed by atoms with Gasteiger partial charge in [0.15, 0.2) is 0 Å². The van der Waals surface area contributed by atoms with Crippen molar-refractivity contribution in [1.29, 1.82) is 0 Å². The van der Waals surface area contributed by atoms with E-state index in [9.17, 15) is 9.18 Å². The first-order valence-corrected chi connectivity index (χ1v) is 8.81. The largest absolute Gasteiger partial charge is 0.455 e. The standard InChI is InChI=1S/C21H12ClFN2O4/c22-16-6-2-4-8-18(16)27-17-7-3-1-5-15(17)19-24-25-21(28-19)29-20(26)13-9-11-14(23)12-10-13/h1-12H. The molecule has 0 aliphatic heterocycles.